The fraction of sp³-hybridized carbons (Fsp3) is 1.00. The molecule has 1 aliphatic heterocycles. The number of nitrogens with zero attached hydrogens (tertiary/aromatic N) is 1. The molecule has 1 aliphatic rings. The Morgan fingerprint density at radius 3 is 2.73 bits per heavy atom. The molecular formula is C12H26N2O. The Bertz CT molecular complexity index is 175. The predicted molar refractivity (Wildman–Crippen MR) is 64.2 cm³/mol. The highest BCUT2D eigenvalue weighted by Crippen LogP contribution is 2.19. The molecule has 0 radical (unpaired) electrons. The number of ether oxygens (including phenoxy) is 1. The van der Waals surface area contributed by atoms with Crippen molar-refractivity contribution in [3.63, 3.8) is 0 Å². The normalized spacial score (nSPS) is 26.8. The minimum absolute atomic E-state index is 0.457. The van der Waals surface area contributed by atoms with Crippen molar-refractivity contribution in [3.8, 4) is 0 Å². The van der Waals surface area contributed by atoms with Gasteiger partial charge in [0.1, 0.15) is 0 Å². The Kier molecular flexibility index (Phi) is 5.58. The molecule has 0 saturated carbocycles. The molecule has 3 nitrogen and oxygen atoms in total. The molecular weight excluding hydrogens is 188 g/mol. The lowest BCUT2D eigenvalue weighted by atomic mass is 10.0. The van der Waals surface area contributed by atoms with Gasteiger partial charge in [0.15, 0.2) is 0 Å². The summed E-state index contributed by atoms with van der Waals surface area (Å²) in [5, 5.41) is 3.42. The van der Waals surface area contributed by atoms with Crippen molar-refractivity contribution in [1.29, 1.82) is 0 Å². The van der Waals surface area contributed by atoms with Crippen LogP contribution in [0.2, 0.25) is 0 Å². The van der Waals surface area contributed by atoms with Crippen molar-refractivity contribution in [2.75, 3.05) is 33.3 Å². The number of methoxy groups -OCH3 is 1. The highest BCUT2D eigenvalue weighted by Gasteiger charge is 2.28. The van der Waals surface area contributed by atoms with Crippen LogP contribution in [-0.2, 0) is 4.74 Å². The van der Waals surface area contributed by atoms with E-state index in [1.54, 1.807) is 0 Å². The summed E-state index contributed by atoms with van der Waals surface area (Å²) in [6.07, 6.45) is 1.65. The summed E-state index contributed by atoms with van der Waals surface area (Å²) in [5.41, 5.74) is 0. The molecule has 0 aromatic rings. The third-order valence-electron chi connectivity index (χ3n) is 3.63. The van der Waals surface area contributed by atoms with E-state index < -0.39 is 0 Å². The molecule has 1 rings (SSSR count). The van der Waals surface area contributed by atoms with Gasteiger partial charge in [0.2, 0.25) is 0 Å². The molecule has 0 spiro atoms. The lowest BCUT2D eigenvalue weighted by Crippen LogP contribution is -2.40. The van der Waals surface area contributed by atoms with Gasteiger partial charge < -0.3 is 10.1 Å². The zero-order valence-electron chi connectivity index (χ0n) is 10.6. The van der Waals surface area contributed by atoms with Gasteiger partial charge in [0.25, 0.3) is 0 Å². The first-order valence-corrected chi connectivity index (χ1v) is 6.16. The Balaban J connectivity index is 2.30. The van der Waals surface area contributed by atoms with E-state index in [1.165, 1.54) is 13.0 Å². The SMILES string of the molecule is CCNCC(C)C(C)N1CCC(OC)C1. The van der Waals surface area contributed by atoms with Crippen molar-refractivity contribution >= 4 is 0 Å². The first-order valence-electron chi connectivity index (χ1n) is 6.16. The summed E-state index contributed by atoms with van der Waals surface area (Å²) in [6, 6.07) is 0.657. The topological polar surface area (TPSA) is 24.5 Å². The average Bonchev–Trinajstić information content (AvgIpc) is 2.73. The van der Waals surface area contributed by atoms with Gasteiger partial charge in [-0.3, -0.25) is 4.90 Å². The second kappa shape index (κ2) is 6.46. The number of hydrogen-bond donors (Lipinski definition) is 1. The second-order valence-corrected chi connectivity index (χ2v) is 4.67. The van der Waals surface area contributed by atoms with Crippen LogP contribution in [0.15, 0.2) is 0 Å². The summed E-state index contributed by atoms with van der Waals surface area (Å²) in [4.78, 5) is 2.55. The van der Waals surface area contributed by atoms with Crippen LogP contribution < -0.4 is 5.32 Å². The molecule has 3 atom stereocenters. The first-order chi connectivity index (χ1) is 7.19. The number of rotatable bonds is 6. The fourth-order valence-electron chi connectivity index (χ4n) is 2.22. The van der Waals surface area contributed by atoms with Crippen LogP contribution >= 0.6 is 0 Å². The third kappa shape index (κ3) is 3.74. The van der Waals surface area contributed by atoms with Gasteiger partial charge in [0, 0.05) is 26.2 Å². The van der Waals surface area contributed by atoms with Crippen LogP contribution in [0, 0.1) is 5.92 Å². The van der Waals surface area contributed by atoms with Crippen molar-refractivity contribution in [3.05, 3.63) is 0 Å². The molecule has 1 saturated heterocycles. The second-order valence-electron chi connectivity index (χ2n) is 4.67. The van der Waals surface area contributed by atoms with Crippen LogP contribution in [-0.4, -0.2) is 50.3 Å². The van der Waals surface area contributed by atoms with E-state index in [0.29, 0.717) is 18.1 Å². The molecule has 0 aromatic heterocycles. The van der Waals surface area contributed by atoms with E-state index in [0.717, 1.165) is 19.6 Å². The van der Waals surface area contributed by atoms with E-state index in [9.17, 15) is 0 Å². The minimum atomic E-state index is 0.457. The predicted octanol–water partition coefficient (Wildman–Crippen LogP) is 1.34. The van der Waals surface area contributed by atoms with Crippen molar-refractivity contribution in [1.82, 2.24) is 10.2 Å². The van der Waals surface area contributed by atoms with Crippen molar-refractivity contribution in [2.45, 2.75) is 39.3 Å². The van der Waals surface area contributed by atoms with E-state index >= 15 is 0 Å². The fourth-order valence-corrected chi connectivity index (χ4v) is 2.22. The molecule has 0 aliphatic carbocycles. The van der Waals surface area contributed by atoms with Gasteiger partial charge in [-0.15, -0.1) is 0 Å². The molecule has 0 amide bonds. The molecule has 3 unspecified atom stereocenters. The van der Waals surface area contributed by atoms with Gasteiger partial charge in [-0.05, 0) is 32.4 Å². The molecule has 90 valence electrons. The lowest BCUT2D eigenvalue weighted by Gasteiger charge is -2.29. The molecule has 0 aromatic carbocycles. The Morgan fingerprint density at radius 2 is 2.20 bits per heavy atom. The maximum Gasteiger partial charge on any atom is 0.0710 e. The number of likely N-dealkylation sites (tertiary alicyclic amines) is 1. The average molecular weight is 214 g/mol. The summed E-state index contributed by atoms with van der Waals surface area (Å²) in [6.45, 7) is 11.3. The van der Waals surface area contributed by atoms with Crippen LogP contribution in [0.4, 0.5) is 0 Å². The molecule has 1 heterocycles. The summed E-state index contributed by atoms with van der Waals surface area (Å²) >= 11 is 0. The summed E-state index contributed by atoms with van der Waals surface area (Å²) in [5.74, 6) is 0.709. The Morgan fingerprint density at radius 1 is 1.47 bits per heavy atom. The third-order valence-corrected chi connectivity index (χ3v) is 3.63. The van der Waals surface area contributed by atoms with Gasteiger partial charge in [-0.1, -0.05) is 13.8 Å². The minimum Gasteiger partial charge on any atom is -0.380 e. The van der Waals surface area contributed by atoms with Crippen LogP contribution in [0.25, 0.3) is 0 Å². The van der Waals surface area contributed by atoms with Crippen molar-refractivity contribution < 1.29 is 4.74 Å². The van der Waals surface area contributed by atoms with Crippen molar-refractivity contribution in [2.24, 2.45) is 5.92 Å². The number of hydrogen-bond acceptors (Lipinski definition) is 3. The zero-order valence-corrected chi connectivity index (χ0v) is 10.6. The van der Waals surface area contributed by atoms with Gasteiger partial charge in [-0.25, -0.2) is 0 Å². The van der Waals surface area contributed by atoms with E-state index in [4.69, 9.17) is 4.74 Å². The highest BCUT2D eigenvalue weighted by molar-refractivity contribution is 4.82. The molecule has 1 N–H and O–H groups in total. The van der Waals surface area contributed by atoms with E-state index in [2.05, 4.69) is 31.0 Å². The Labute approximate surface area is 94.2 Å². The van der Waals surface area contributed by atoms with E-state index in [-0.39, 0.29) is 0 Å². The summed E-state index contributed by atoms with van der Waals surface area (Å²) in [7, 11) is 1.82. The van der Waals surface area contributed by atoms with Gasteiger partial charge >= 0.3 is 0 Å². The maximum absolute atomic E-state index is 5.40. The summed E-state index contributed by atoms with van der Waals surface area (Å²) < 4.78 is 5.40. The molecule has 0 bridgehead atoms. The van der Waals surface area contributed by atoms with Gasteiger partial charge in [0.05, 0.1) is 6.10 Å². The quantitative estimate of drug-likeness (QED) is 0.722. The van der Waals surface area contributed by atoms with Crippen LogP contribution in [0.5, 0.6) is 0 Å². The standard InChI is InChI=1S/C12H26N2O/c1-5-13-8-10(2)11(3)14-7-6-12(9-14)15-4/h10-13H,5-9H2,1-4H3. The number of nitrogens with one attached hydrogen (secondary N) is 1. The van der Waals surface area contributed by atoms with Crippen LogP contribution in [0.3, 0.4) is 0 Å². The smallest absolute Gasteiger partial charge is 0.0710 e. The van der Waals surface area contributed by atoms with Gasteiger partial charge in [-0.2, -0.15) is 0 Å². The molecule has 3 heteroatoms. The highest BCUT2D eigenvalue weighted by atomic mass is 16.5. The maximum atomic E-state index is 5.40. The monoisotopic (exact) mass is 214 g/mol. The molecule has 15 heavy (non-hydrogen) atoms. The lowest BCUT2D eigenvalue weighted by molar-refractivity contribution is 0.0960. The van der Waals surface area contributed by atoms with Crippen LogP contribution in [0.1, 0.15) is 27.2 Å². The zero-order chi connectivity index (χ0) is 11.3. The largest absolute Gasteiger partial charge is 0.380 e. The van der Waals surface area contributed by atoms with E-state index in [1.807, 2.05) is 7.11 Å². The first kappa shape index (κ1) is 12.9. The Hall–Kier alpha value is -0.120. The molecule has 1 fully saturated rings.